The number of aldehydes is 1. The molecule has 0 saturated heterocycles. The lowest BCUT2D eigenvalue weighted by atomic mass is 10.1. The minimum Gasteiger partial charge on any atom is -0.444 e. The molecule has 0 atom stereocenters. The number of hydrogen-bond donors (Lipinski definition) is 1. The second-order valence-corrected chi connectivity index (χ2v) is 5.60. The zero-order valence-electron chi connectivity index (χ0n) is 13.2. The fourth-order valence-electron chi connectivity index (χ4n) is 1.53. The molecule has 4 heteroatoms. The molecule has 0 fully saturated rings. The van der Waals surface area contributed by atoms with Crippen molar-refractivity contribution >= 4 is 18.5 Å². The average Bonchev–Trinajstić information content (AvgIpc) is 2.44. The summed E-state index contributed by atoms with van der Waals surface area (Å²) in [7, 11) is 0. The van der Waals surface area contributed by atoms with Gasteiger partial charge in [0, 0.05) is 18.5 Å². The van der Waals surface area contributed by atoms with E-state index in [0.29, 0.717) is 13.0 Å². The summed E-state index contributed by atoms with van der Waals surface area (Å²) in [6.45, 7) is 5.91. The van der Waals surface area contributed by atoms with Crippen LogP contribution in [-0.2, 0) is 9.53 Å². The molecule has 0 heterocycles. The molecule has 0 aliphatic rings. The fraction of sp³-hybridized carbons (Fsp3) is 0.333. The first kappa shape index (κ1) is 17.5. The van der Waals surface area contributed by atoms with E-state index in [-0.39, 0.29) is 0 Å². The van der Waals surface area contributed by atoms with Gasteiger partial charge in [0.1, 0.15) is 11.9 Å². The number of amides is 1. The quantitative estimate of drug-likeness (QED) is 0.402. The molecule has 0 aromatic heterocycles. The van der Waals surface area contributed by atoms with Crippen LogP contribution in [0, 0.1) is 11.8 Å². The van der Waals surface area contributed by atoms with Crippen molar-refractivity contribution in [3.8, 4) is 11.8 Å². The third-order valence-electron chi connectivity index (χ3n) is 2.43. The second-order valence-electron chi connectivity index (χ2n) is 5.60. The molecule has 0 bridgehead atoms. The van der Waals surface area contributed by atoms with Gasteiger partial charge in [-0.25, -0.2) is 4.79 Å². The third kappa shape index (κ3) is 7.91. The summed E-state index contributed by atoms with van der Waals surface area (Å²) >= 11 is 0. The van der Waals surface area contributed by atoms with Gasteiger partial charge in [-0.05, 0) is 44.5 Å². The summed E-state index contributed by atoms with van der Waals surface area (Å²) in [6, 6.07) is 7.56. The van der Waals surface area contributed by atoms with Gasteiger partial charge in [0.25, 0.3) is 0 Å². The number of carbonyl (C=O) groups excluding carboxylic acids is 2. The Morgan fingerprint density at radius 3 is 2.55 bits per heavy atom. The highest BCUT2D eigenvalue weighted by molar-refractivity contribution is 5.73. The zero-order valence-corrected chi connectivity index (χ0v) is 13.2. The highest BCUT2D eigenvalue weighted by atomic mass is 16.6. The van der Waals surface area contributed by atoms with Gasteiger partial charge < -0.3 is 10.1 Å². The second kappa shape index (κ2) is 8.68. The number of nitrogens with one attached hydrogen (secondary N) is 1. The summed E-state index contributed by atoms with van der Waals surface area (Å²) < 4.78 is 5.12. The van der Waals surface area contributed by atoms with Crippen LogP contribution in [0.15, 0.2) is 30.3 Å². The van der Waals surface area contributed by atoms with Crippen LogP contribution in [0.5, 0.6) is 0 Å². The standard InChI is InChI=1S/C18H21NO3/c1-18(2,3)22-17(21)19-13-5-4-7-15-9-11-16(12-10-15)8-6-14-20/h6,8-12,14H,5,13H2,1-3H3,(H,19,21)/b8-6+. The molecule has 116 valence electrons. The van der Waals surface area contributed by atoms with Gasteiger partial charge in [0.15, 0.2) is 0 Å². The lowest BCUT2D eigenvalue weighted by Gasteiger charge is -2.19. The van der Waals surface area contributed by atoms with E-state index in [9.17, 15) is 9.59 Å². The van der Waals surface area contributed by atoms with E-state index in [0.717, 1.165) is 17.4 Å². The molecule has 0 unspecified atom stereocenters. The van der Waals surface area contributed by atoms with Gasteiger partial charge in [-0.2, -0.15) is 0 Å². The Bertz CT molecular complexity index is 583. The molecule has 1 N–H and O–H groups in total. The van der Waals surface area contributed by atoms with Crippen molar-refractivity contribution in [1.29, 1.82) is 0 Å². The van der Waals surface area contributed by atoms with Gasteiger partial charge in [-0.3, -0.25) is 4.79 Å². The van der Waals surface area contributed by atoms with Crippen LogP contribution in [0.25, 0.3) is 6.08 Å². The Hall–Kier alpha value is -2.54. The number of allylic oxidation sites excluding steroid dienone is 1. The van der Waals surface area contributed by atoms with E-state index in [1.807, 2.05) is 45.0 Å². The molecule has 0 aliphatic carbocycles. The molecule has 0 radical (unpaired) electrons. The fourth-order valence-corrected chi connectivity index (χ4v) is 1.53. The monoisotopic (exact) mass is 299 g/mol. The molecule has 0 saturated carbocycles. The number of benzene rings is 1. The predicted octanol–water partition coefficient (Wildman–Crippen LogP) is 3.17. The Morgan fingerprint density at radius 2 is 1.95 bits per heavy atom. The Morgan fingerprint density at radius 1 is 1.27 bits per heavy atom. The zero-order chi connectivity index (χ0) is 16.4. The summed E-state index contributed by atoms with van der Waals surface area (Å²) in [6.07, 6.45) is 4.04. The number of rotatable bonds is 4. The summed E-state index contributed by atoms with van der Waals surface area (Å²) in [5, 5.41) is 2.65. The third-order valence-corrected chi connectivity index (χ3v) is 2.43. The lowest BCUT2D eigenvalue weighted by molar-refractivity contribution is -0.104. The van der Waals surface area contributed by atoms with Crippen LogP contribution >= 0.6 is 0 Å². The van der Waals surface area contributed by atoms with Gasteiger partial charge in [0.05, 0.1) is 0 Å². The van der Waals surface area contributed by atoms with E-state index < -0.39 is 11.7 Å². The molecule has 1 aromatic rings. The van der Waals surface area contributed by atoms with Crippen molar-refractivity contribution in [2.75, 3.05) is 6.54 Å². The maximum atomic E-state index is 11.4. The topological polar surface area (TPSA) is 55.4 Å². The SMILES string of the molecule is CC(C)(C)OC(=O)NCCC#Cc1ccc(/C=C/C=O)cc1. The summed E-state index contributed by atoms with van der Waals surface area (Å²) in [4.78, 5) is 21.6. The molecular weight excluding hydrogens is 278 g/mol. The molecule has 0 aliphatic heterocycles. The van der Waals surface area contributed by atoms with Crippen LogP contribution in [0.4, 0.5) is 4.79 Å². The maximum Gasteiger partial charge on any atom is 0.407 e. The molecule has 0 spiro atoms. The summed E-state index contributed by atoms with van der Waals surface area (Å²) in [5.41, 5.74) is 1.35. The Labute approximate surface area is 131 Å². The highest BCUT2D eigenvalue weighted by Gasteiger charge is 2.15. The van der Waals surface area contributed by atoms with Gasteiger partial charge in [-0.1, -0.05) is 30.0 Å². The van der Waals surface area contributed by atoms with Gasteiger partial charge >= 0.3 is 6.09 Å². The molecular formula is C18H21NO3. The first-order chi connectivity index (χ1) is 10.4. The van der Waals surface area contributed by atoms with Crippen LogP contribution < -0.4 is 5.32 Å². The number of alkyl carbamates (subject to hydrolysis) is 1. The molecule has 1 amide bonds. The minimum absolute atomic E-state index is 0.430. The van der Waals surface area contributed by atoms with E-state index in [1.54, 1.807) is 6.08 Å². The minimum atomic E-state index is -0.490. The normalized spacial score (nSPS) is 10.7. The van der Waals surface area contributed by atoms with Crippen molar-refractivity contribution in [2.24, 2.45) is 0 Å². The number of hydrogen-bond acceptors (Lipinski definition) is 3. The number of ether oxygens (including phenoxy) is 1. The Kier molecular flexibility index (Phi) is 6.91. The van der Waals surface area contributed by atoms with Crippen LogP contribution in [-0.4, -0.2) is 24.5 Å². The van der Waals surface area contributed by atoms with Gasteiger partial charge in [0.2, 0.25) is 0 Å². The smallest absolute Gasteiger partial charge is 0.407 e. The van der Waals surface area contributed by atoms with Crippen molar-refractivity contribution < 1.29 is 14.3 Å². The molecule has 1 rings (SSSR count). The largest absolute Gasteiger partial charge is 0.444 e. The first-order valence-electron chi connectivity index (χ1n) is 7.08. The van der Waals surface area contributed by atoms with Gasteiger partial charge in [-0.15, -0.1) is 0 Å². The van der Waals surface area contributed by atoms with Crippen molar-refractivity contribution in [3.63, 3.8) is 0 Å². The van der Waals surface area contributed by atoms with Crippen LogP contribution in [0.2, 0.25) is 0 Å². The molecule has 22 heavy (non-hydrogen) atoms. The van der Waals surface area contributed by atoms with Crippen LogP contribution in [0.3, 0.4) is 0 Å². The van der Waals surface area contributed by atoms with Crippen molar-refractivity contribution in [2.45, 2.75) is 32.8 Å². The van der Waals surface area contributed by atoms with Crippen molar-refractivity contribution in [1.82, 2.24) is 5.32 Å². The van der Waals surface area contributed by atoms with Crippen molar-refractivity contribution in [3.05, 3.63) is 41.5 Å². The predicted molar refractivity (Wildman–Crippen MR) is 87.3 cm³/mol. The Balaban J connectivity index is 2.37. The average molecular weight is 299 g/mol. The van der Waals surface area contributed by atoms with E-state index in [2.05, 4.69) is 17.2 Å². The highest BCUT2D eigenvalue weighted by Crippen LogP contribution is 2.06. The maximum absolute atomic E-state index is 11.4. The first-order valence-corrected chi connectivity index (χ1v) is 7.08. The van der Waals surface area contributed by atoms with E-state index in [4.69, 9.17) is 4.74 Å². The summed E-state index contributed by atoms with van der Waals surface area (Å²) in [5.74, 6) is 6.00. The van der Waals surface area contributed by atoms with E-state index >= 15 is 0 Å². The lowest BCUT2D eigenvalue weighted by Crippen LogP contribution is -2.32. The van der Waals surface area contributed by atoms with Crippen LogP contribution in [0.1, 0.15) is 38.3 Å². The number of carbonyl (C=O) groups is 2. The molecule has 1 aromatic carbocycles. The van der Waals surface area contributed by atoms with E-state index in [1.165, 1.54) is 6.08 Å². The molecule has 4 nitrogen and oxygen atoms in total.